The van der Waals surface area contributed by atoms with Crippen molar-refractivity contribution in [2.75, 3.05) is 19.0 Å². The third-order valence-corrected chi connectivity index (χ3v) is 8.53. The Kier molecular flexibility index (Phi) is 4.71. The van der Waals surface area contributed by atoms with Crippen molar-refractivity contribution in [3.63, 3.8) is 0 Å². The topological polar surface area (TPSA) is 6.25 Å². The van der Waals surface area contributed by atoms with Crippen molar-refractivity contribution >= 4 is 51.3 Å². The molecule has 1 fully saturated rings. The minimum Gasteiger partial charge on any atom is -0.347 e. The van der Waals surface area contributed by atoms with Crippen LogP contribution in [0, 0.1) is 5.92 Å². The lowest BCUT2D eigenvalue weighted by atomic mass is 9.73. The fourth-order valence-electron chi connectivity index (χ4n) is 5.65. The molecule has 3 aliphatic rings. The third-order valence-electron chi connectivity index (χ3n) is 7.58. The maximum Gasteiger partial charge on any atom is 0.209 e. The number of nitrogens with zero attached hydrogens (tertiary/aromatic N) is 2. The number of hydrogen-bond donors (Lipinski definition) is 0. The monoisotopic (exact) mass is 457 g/mol. The summed E-state index contributed by atoms with van der Waals surface area (Å²) in [6, 6.07) is 17.2. The zero-order valence-electron chi connectivity index (χ0n) is 19.6. The van der Waals surface area contributed by atoms with E-state index in [2.05, 4.69) is 112 Å². The molecule has 2 aliphatic heterocycles. The molecular weight excluding hydrogens is 428 g/mol. The van der Waals surface area contributed by atoms with E-state index in [9.17, 15) is 0 Å². The number of likely N-dealkylation sites (N-methyl/N-ethyl adjacent to an activating group) is 1. The number of fused-ring (bicyclic) bond motifs is 2. The highest BCUT2D eigenvalue weighted by molar-refractivity contribution is 7.85. The quantitative estimate of drug-likeness (QED) is 0.297. The van der Waals surface area contributed by atoms with Gasteiger partial charge in [-0.25, -0.2) is 0 Å². The summed E-state index contributed by atoms with van der Waals surface area (Å²) in [6.45, 7) is 9.12. The zero-order chi connectivity index (χ0) is 23.0. The molecule has 0 amide bonds. The van der Waals surface area contributed by atoms with Crippen LogP contribution in [0.15, 0.2) is 72.0 Å². The smallest absolute Gasteiger partial charge is 0.209 e. The summed E-state index contributed by atoms with van der Waals surface area (Å²) >= 11 is 11.8. The van der Waals surface area contributed by atoms with Gasteiger partial charge in [0, 0.05) is 56.9 Å². The molecule has 0 saturated heterocycles. The van der Waals surface area contributed by atoms with Gasteiger partial charge in [-0.2, -0.15) is 4.58 Å². The number of allylic oxidation sites excluding steroid dienone is 4. The first kappa shape index (κ1) is 21.4. The maximum absolute atomic E-state index is 5.92. The number of hydrogen-bond acceptors (Lipinski definition) is 3. The maximum atomic E-state index is 5.92. The molecule has 0 atom stereocenters. The highest BCUT2D eigenvalue weighted by Crippen LogP contribution is 2.48. The lowest BCUT2D eigenvalue weighted by Crippen LogP contribution is -2.40. The number of para-hydroxylation sites is 2. The molecule has 0 radical (unpaired) electrons. The van der Waals surface area contributed by atoms with Crippen molar-refractivity contribution in [2.45, 2.75) is 38.5 Å². The summed E-state index contributed by atoms with van der Waals surface area (Å²) in [5.74, 6) is 0.0371. The van der Waals surface area contributed by atoms with E-state index >= 15 is 0 Å². The van der Waals surface area contributed by atoms with Crippen LogP contribution in [0.1, 0.15) is 38.8 Å². The molecule has 0 spiro atoms. The Labute approximate surface area is 202 Å². The predicted molar refractivity (Wildman–Crippen MR) is 143 cm³/mol. The van der Waals surface area contributed by atoms with E-state index in [0.29, 0.717) is 0 Å². The number of thiocarbonyl (C=S) groups is 2. The molecule has 2 aromatic rings. The van der Waals surface area contributed by atoms with Crippen LogP contribution >= 0.6 is 24.4 Å². The molecule has 2 aromatic carbocycles. The first-order valence-corrected chi connectivity index (χ1v) is 11.9. The SMILES string of the molecule is CN1/C(=C\C2C(=S)C(=CC3=[N+](C)c4ccccc4C3(C)C)C2=S)C(C)(C)c2ccccc21. The highest BCUT2D eigenvalue weighted by atomic mass is 32.1. The van der Waals surface area contributed by atoms with E-state index < -0.39 is 0 Å². The summed E-state index contributed by atoms with van der Waals surface area (Å²) in [7, 11) is 4.28. The molecule has 1 aliphatic carbocycles. The fourth-order valence-corrected chi connectivity index (χ4v) is 6.50. The van der Waals surface area contributed by atoms with Gasteiger partial charge < -0.3 is 4.90 Å². The van der Waals surface area contributed by atoms with Crippen molar-refractivity contribution in [3.8, 4) is 0 Å². The van der Waals surface area contributed by atoms with Gasteiger partial charge in [-0.15, -0.1) is 0 Å². The van der Waals surface area contributed by atoms with Gasteiger partial charge in [0.15, 0.2) is 5.71 Å². The number of benzene rings is 2. The van der Waals surface area contributed by atoms with Crippen LogP contribution < -0.4 is 4.90 Å². The van der Waals surface area contributed by atoms with E-state index in [4.69, 9.17) is 24.4 Å². The van der Waals surface area contributed by atoms with Gasteiger partial charge >= 0.3 is 0 Å². The van der Waals surface area contributed by atoms with E-state index in [1.807, 2.05) is 0 Å². The van der Waals surface area contributed by atoms with Crippen molar-refractivity contribution in [1.29, 1.82) is 0 Å². The predicted octanol–water partition coefficient (Wildman–Crippen LogP) is 6.30. The minimum absolute atomic E-state index is 0.0371. The summed E-state index contributed by atoms with van der Waals surface area (Å²) in [6.07, 6.45) is 4.53. The Morgan fingerprint density at radius 3 is 2.09 bits per heavy atom. The second-order valence-corrected chi connectivity index (χ2v) is 11.0. The van der Waals surface area contributed by atoms with Crippen LogP contribution in [-0.4, -0.2) is 34.1 Å². The van der Waals surface area contributed by atoms with Gasteiger partial charge in [0.2, 0.25) is 5.69 Å². The average molecular weight is 458 g/mol. The van der Waals surface area contributed by atoms with Crippen LogP contribution in [0.25, 0.3) is 0 Å². The Balaban J connectivity index is 1.48. The lowest BCUT2D eigenvalue weighted by Gasteiger charge is -2.33. The standard InChI is InChI=1S/C28H29N2S2/c1-27(2)19-11-7-9-13-21(19)29(5)23(27)15-17-25(31)18(26(17)32)16-24-28(3,4)20-12-8-10-14-22(20)30(24)6/h7-17H,1-6H3/q+1/b18-16?,23-15-. The molecule has 2 heterocycles. The van der Waals surface area contributed by atoms with Crippen LogP contribution in [0.5, 0.6) is 0 Å². The van der Waals surface area contributed by atoms with Gasteiger partial charge in [0.25, 0.3) is 0 Å². The van der Waals surface area contributed by atoms with E-state index in [1.165, 1.54) is 33.9 Å². The van der Waals surface area contributed by atoms with Gasteiger partial charge in [0.05, 0.1) is 11.3 Å². The van der Waals surface area contributed by atoms with Crippen LogP contribution in [0.2, 0.25) is 0 Å². The van der Waals surface area contributed by atoms with E-state index in [1.54, 1.807) is 0 Å². The molecule has 0 bridgehead atoms. The summed E-state index contributed by atoms with van der Waals surface area (Å²) in [5.41, 5.74) is 8.63. The molecule has 162 valence electrons. The Bertz CT molecular complexity index is 1270. The minimum atomic E-state index is -0.0809. The molecule has 4 heteroatoms. The first-order chi connectivity index (χ1) is 15.1. The van der Waals surface area contributed by atoms with Gasteiger partial charge in [0.1, 0.15) is 7.05 Å². The number of rotatable bonds is 2. The van der Waals surface area contributed by atoms with Crippen molar-refractivity contribution in [1.82, 2.24) is 0 Å². The highest BCUT2D eigenvalue weighted by Gasteiger charge is 2.46. The molecule has 5 rings (SSSR count). The molecule has 0 unspecified atom stereocenters. The Morgan fingerprint density at radius 2 is 1.47 bits per heavy atom. The molecular formula is C28H29N2S2+. The van der Waals surface area contributed by atoms with E-state index in [-0.39, 0.29) is 16.7 Å². The second kappa shape index (κ2) is 7.03. The fraction of sp³-hybridized carbons (Fsp3) is 0.321. The van der Waals surface area contributed by atoms with Crippen LogP contribution in [0.4, 0.5) is 11.4 Å². The van der Waals surface area contributed by atoms with Crippen LogP contribution in [0.3, 0.4) is 0 Å². The second-order valence-electron chi connectivity index (χ2n) is 10.1. The molecule has 0 N–H and O–H groups in total. The van der Waals surface area contributed by atoms with Gasteiger partial charge in [-0.3, -0.25) is 0 Å². The zero-order valence-corrected chi connectivity index (χ0v) is 21.2. The number of anilines is 1. The first-order valence-electron chi connectivity index (χ1n) is 11.1. The van der Waals surface area contributed by atoms with Crippen molar-refractivity contribution in [3.05, 3.63) is 83.1 Å². The van der Waals surface area contributed by atoms with Crippen molar-refractivity contribution in [2.24, 2.45) is 5.92 Å². The summed E-state index contributed by atoms with van der Waals surface area (Å²) in [5, 5.41) is 0. The molecule has 1 saturated carbocycles. The summed E-state index contributed by atoms with van der Waals surface area (Å²) < 4.78 is 2.28. The summed E-state index contributed by atoms with van der Waals surface area (Å²) in [4.78, 5) is 4.20. The largest absolute Gasteiger partial charge is 0.347 e. The van der Waals surface area contributed by atoms with Crippen molar-refractivity contribution < 1.29 is 4.58 Å². The Hall–Kier alpha value is -2.43. The van der Waals surface area contributed by atoms with Gasteiger partial charge in [-0.1, -0.05) is 80.8 Å². The molecule has 0 aromatic heterocycles. The Morgan fingerprint density at radius 1 is 0.875 bits per heavy atom. The van der Waals surface area contributed by atoms with Gasteiger partial charge in [-0.05, 0) is 25.5 Å². The average Bonchev–Trinajstić information content (AvgIpc) is 3.09. The lowest BCUT2D eigenvalue weighted by molar-refractivity contribution is -0.401. The van der Waals surface area contributed by atoms with Crippen LogP contribution in [-0.2, 0) is 10.8 Å². The van der Waals surface area contributed by atoms with E-state index in [0.717, 1.165) is 15.3 Å². The normalized spacial score (nSPS) is 24.1. The molecule has 32 heavy (non-hydrogen) atoms. The molecule has 2 nitrogen and oxygen atoms in total. The third kappa shape index (κ3) is 2.79.